The van der Waals surface area contributed by atoms with Crippen LogP contribution in [-0.2, 0) is 4.74 Å². The van der Waals surface area contributed by atoms with Gasteiger partial charge in [-0.1, -0.05) is 13.8 Å². The molecule has 2 rings (SSSR count). The van der Waals surface area contributed by atoms with Crippen LogP contribution in [0.3, 0.4) is 0 Å². The van der Waals surface area contributed by atoms with E-state index in [-0.39, 0.29) is 11.5 Å². The fourth-order valence-corrected chi connectivity index (χ4v) is 2.63. The molecule has 7 nitrogen and oxygen atoms in total. The van der Waals surface area contributed by atoms with Crippen LogP contribution in [0.2, 0.25) is 0 Å². The molecule has 1 atom stereocenters. The third kappa shape index (κ3) is 4.57. The number of rotatable bonds is 5. The number of nitrogens with zero attached hydrogens (tertiary/aromatic N) is 3. The Labute approximate surface area is 135 Å². The van der Waals surface area contributed by atoms with Gasteiger partial charge in [-0.05, 0) is 12.5 Å². The summed E-state index contributed by atoms with van der Waals surface area (Å²) in [5.74, 6) is 0.443. The van der Waals surface area contributed by atoms with E-state index >= 15 is 0 Å². The number of ether oxygens (including phenoxy) is 2. The highest BCUT2D eigenvalue weighted by Crippen LogP contribution is 2.28. The van der Waals surface area contributed by atoms with Crippen LogP contribution >= 0.6 is 0 Å². The average Bonchev–Trinajstić information content (AvgIpc) is 2.53. The van der Waals surface area contributed by atoms with Crippen molar-refractivity contribution in [2.75, 3.05) is 26.4 Å². The maximum atomic E-state index is 11.3. The first-order valence-corrected chi connectivity index (χ1v) is 7.47. The molecule has 1 N–H and O–H groups in total. The van der Waals surface area contributed by atoms with Crippen LogP contribution in [0, 0.1) is 16.7 Å². The molecule has 1 fully saturated rings. The number of aromatic nitrogens is 1. The van der Waals surface area contributed by atoms with E-state index in [9.17, 15) is 9.90 Å². The van der Waals surface area contributed by atoms with Gasteiger partial charge in [-0.2, -0.15) is 5.26 Å². The predicted molar refractivity (Wildman–Crippen MR) is 82.2 cm³/mol. The molecule has 0 unspecified atom stereocenters. The van der Waals surface area contributed by atoms with Gasteiger partial charge in [-0.25, -0.2) is 4.79 Å². The van der Waals surface area contributed by atoms with Gasteiger partial charge in [0.15, 0.2) is 5.75 Å². The standard InChI is InChI=1S/C16H21N3O4/c1-16(2,7-13-10-22-6-5-19(13)15(20)21)11-23-14-9-18-4-3-12(14)8-17/h3-4,9,13H,5-7,10-11H2,1-2H3,(H,20,21)/t13-/m0/s1. The van der Waals surface area contributed by atoms with Crippen molar-refractivity contribution >= 4 is 6.09 Å². The van der Waals surface area contributed by atoms with Gasteiger partial charge in [0, 0.05) is 18.2 Å². The third-order valence-electron chi connectivity index (χ3n) is 3.78. The highest BCUT2D eigenvalue weighted by Gasteiger charge is 2.33. The van der Waals surface area contributed by atoms with Gasteiger partial charge in [-0.15, -0.1) is 0 Å². The van der Waals surface area contributed by atoms with E-state index in [2.05, 4.69) is 11.1 Å². The van der Waals surface area contributed by atoms with Gasteiger partial charge in [0.1, 0.15) is 6.07 Å². The Bertz CT molecular complexity index is 597. The summed E-state index contributed by atoms with van der Waals surface area (Å²) < 4.78 is 11.1. The molecule has 2 heterocycles. The number of nitriles is 1. The lowest BCUT2D eigenvalue weighted by atomic mass is 9.86. The number of hydrogen-bond donors (Lipinski definition) is 1. The molecule has 0 bridgehead atoms. The summed E-state index contributed by atoms with van der Waals surface area (Å²) in [6.45, 7) is 5.58. The molecule has 1 aromatic rings. The van der Waals surface area contributed by atoms with Gasteiger partial charge in [0.05, 0.1) is 37.6 Å². The van der Waals surface area contributed by atoms with E-state index in [1.165, 1.54) is 11.1 Å². The second kappa shape index (κ2) is 7.29. The number of carbonyl (C=O) groups is 1. The first-order chi connectivity index (χ1) is 10.9. The largest absolute Gasteiger partial charge is 0.490 e. The quantitative estimate of drug-likeness (QED) is 0.893. The molecule has 1 amide bonds. The Balaban J connectivity index is 1.98. The van der Waals surface area contributed by atoms with Crippen molar-refractivity contribution in [2.45, 2.75) is 26.3 Å². The van der Waals surface area contributed by atoms with Crippen molar-refractivity contribution in [1.29, 1.82) is 5.26 Å². The van der Waals surface area contributed by atoms with Crippen LogP contribution in [0.4, 0.5) is 4.79 Å². The summed E-state index contributed by atoms with van der Waals surface area (Å²) >= 11 is 0. The maximum Gasteiger partial charge on any atom is 0.407 e. The smallest absolute Gasteiger partial charge is 0.407 e. The number of pyridine rings is 1. The van der Waals surface area contributed by atoms with Gasteiger partial charge in [-0.3, -0.25) is 4.98 Å². The second-order valence-corrected chi connectivity index (χ2v) is 6.35. The van der Waals surface area contributed by atoms with E-state index in [1.807, 2.05) is 13.8 Å². The summed E-state index contributed by atoms with van der Waals surface area (Å²) in [4.78, 5) is 16.7. The Morgan fingerprint density at radius 1 is 1.65 bits per heavy atom. The molecule has 0 radical (unpaired) electrons. The van der Waals surface area contributed by atoms with Gasteiger partial charge in [0.2, 0.25) is 0 Å². The molecule has 7 heteroatoms. The van der Waals surface area contributed by atoms with Gasteiger partial charge >= 0.3 is 6.09 Å². The Morgan fingerprint density at radius 2 is 2.43 bits per heavy atom. The Kier molecular flexibility index (Phi) is 5.40. The summed E-state index contributed by atoms with van der Waals surface area (Å²) in [7, 11) is 0. The molecule has 0 saturated carbocycles. The minimum atomic E-state index is -0.922. The van der Waals surface area contributed by atoms with Crippen molar-refractivity contribution in [1.82, 2.24) is 9.88 Å². The molecule has 1 saturated heterocycles. The molecule has 0 aliphatic carbocycles. The minimum absolute atomic E-state index is 0.191. The predicted octanol–water partition coefficient (Wildman–Crippen LogP) is 2.13. The number of carboxylic acid groups (broad SMARTS) is 1. The molecule has 124 valence electrons. The van der Waals surface area contributed by atoms with Crippen LogP contribution in [0.1, 0.15) is 25.8 Å². The van der Waals surface area contributed by atoms with Crippen molar-refractivity contribution in [3.8, 4) is 11.8 Å². The molecule has 1 aliphatic rings. The lowest BCUT2D eigenvalue weighted by molar-refractivity contribution is -0.0185. The van der Waals surface area contributed by atoms with Gasteiger partial charge < -0.3 is 19.5 Å². The zero-order valence-electron chi connectivity index (χ0n) is 13.4. The first-order valence-electron chi connectivity index (χ1n) is 7.47. The summed E-state index contributed by atoms with van der Waals surface area (Å²) in [5, 5.41) is 18.3. The lowest BCUT2D eigenvalue weighted by Gasteiger charge is -2.38. The summed E-state index contributed by atoms with van der Waals surface area (Å²) in [6, 6.07) is 3.47. The molecular formula is C16H21N3O4. The monoisotopic (exact) mass is 319 g/mol. The van der Waals surface area contributed by atoms with Crippen molar-refractivity contribution < 1.29 is 19.4 Å². The van der Waals surface area contributed by atoms with E-state index in [4.69, 9.17) is 14.7 Å². The molecule has 0 aromatic carbocycles. The Hall–Kier alpha value is -2.33. The fourth-order valence-electron chi connectivity index (χ4n) is 2.63. The van der Waals surface area contributed by atoms with Crippen molar-refractivity contribution in [3.63, 3.8) is 0 Å². The van der Waals surface area contributed by atoms with E-state index in [0.717, 1.165) is 0 Å². The number of amides is 1. The number of hydrogen-bond acceptors (Lipinski definition) is 5. The molecule has 1 aromatic heterocycles. The average molecular weight is 319 g/mol. The molecule has 1 aliphatic heterocycles. The zero-order chi connectivity index (χ0) is 16.9. The summed E-state index contributed by atoms with van der Waals surface area (Å²) in [6.07, 6.45) is 2.75. The topological polar surface area (TPSA) is 95.7 Å². The van der Waals surface area contributed by atoms with Crippen LogP contribution < -0.4 is 4.74 Å². The highest BCUT2D eigenvalue weighted by atomic mass is 16.5. The normalized spacial score (nSPS) is 18.3. The van der Waals surface area contributed by atoms with Crippen LogP contribution in [0.25, 0.3) is 0 Å². The molecular weight excluding hydrogens is 298 g/mol. The lowest BCUT2D eigenvalue weighted by Crippen LogP contribution is -2.50. The number of morpholine rings is 1. The highest BCUT2D eigenvalue weighted by molar-refractivity contribution is 5.65. The maximum absolute atomic E-state index is 11.3. The van der Waals surface area contributed by atoms with E-state index in [1.54, 1.807) is 12.3 Å². The first kappa shape index (κ1) is 17.0. The summed E-state index contributed by atoms with van der Waals surface area (Å²) in [5.41, 5.74) is 0.158. The van der Waals surface area contributed by atoms with Crippen LogP contribution in [-0.4, -0.2) is 53.5 Å². The minimum Gasteiger partial charge on any atom is -0.490 e. The zero-order valence-corrected chi connectivity index (χ0v) is 13.4. The second-order valence-electron chi connectivity index (χ2n) is 6.35. The van der Waals surface area contributed by atoms with Crippen LogP contribution in [0.5, 0.6) is 5.75 Å². The van der Waals surface area contributed by atoms with Gasteiger partial charge in [0.25, 0.3) is 0 Å². The Morgan fingerprint density at radius 3 is 3.13 bits per heavy atom. The van der Waals surface area contributed by atoms with E-state index in [0.29, 0.717) is 44.1 Å². The van der Waals surface area contributed by atoms with Crippen molar-refractivity contribution in [2.24, 2.45) is 5.41 Å². The van der Waals surface area contributed by atoms with Crippen LogP contribution in [0.15, 0.2) is 18.5 Å². The molecule has 23 heavy (non-hydrogen) atoms. The van der Waals surface area contributed by atoms with Crippen molar-refractivity contribution in [3.05, 3.63) is 24.0 Å². The molecule has 0 spiro atoms. The fraction of sp³-hybridized carbons (Fsp3) is 0.562. The third-order valence-corrected chi connectivity index (χ3v) is 3.78. The van der Waals surface area contributed by atoms with E-state index < -0.39 is 6.09 Å². The SMILES string of the molecule is CC(C)(COc1cnccc1C#N)C[C@H]1COCCN1C(=O)O.